The highest BCUT2D eigenvalue weighted by Crippen LogP contribution is 2.29. The Morgan fingerprint density at radius 3 is 2.27 bits per heavy atom. The Labute approximate surface area is 175 Å². The van der Waals surface area contributed by atoms with Gasteiger partial charge in [0.05, 0.1) is 19.9 Å². The second-order valence-electron chi connectivity index (χ2n) is 7.06. The van der Waals surface area contributed by atoms with Crippen LogP contribution in [0.2, 0.25) is 0 Å². The first-order valence-electron chi connectivity index (χ1n) is 9.89. The Hall–Kier alpha value is -3.61. The van der Waals surface area contributed by atoms with Crippen molar-refractivity contribution in [2.24, 2.45) is 0 Å². The fraction of sp³-hybridized carbons (Fsp3) is 0.261. The number of anilines is 2. The molecule has 30 heavy (non-hydrogen) atoms. The summed E-state index contributed by atoms with van der Waals surface area (Å²) >= 11 is 0. The van der Waals surface area contributed by atoms with E-state index in [2.05, 4.69) is 20.2 Å². The van der Waals surface area contributed by atoms with Crippen molar-refractivity contribution in [3.8, 4) is 22.6 Å². The molecule has 0 saturated carbocycles. The van der Waals surface area contributed by atoms with E-state index in [1.165, 1.54) is 12.8 Å². The van der Waals surface area contributed by atoms with Gasteiger partial charge in [0.2, 0.25) is 5.95 Å². The number of methoxy groups -OCH3 is 2. The molecule has 2 aromatic carbocycles. The van der Waals surface area contributed by atoms with Crippen molar-refractivity contribution in [2.75, 3.05) is 37.5 Å². The summed E-state index contributed by atoms with van der Waals surface area (Å²) in [5.41, 5.74) is 3.01. The van der Waals surface area contributed by atoms with Crippen molar-refractivity contribution < 1.29 is 14.3 Å². The van der Waals surface area contributed by atoms with E-state index in [0.29, 0.717) is 22.7 Å². The second kappa shape index (κ2) is 8.82. The molecule has 1 amide bonds. The highest BCUT2D eigenvalue weighted by molar-refractivity contribution is 6.05. The minimum atomic E-state index is -0.217. The molecule has 1 fully saturated rings. The molecule has 7 heteroatoms. The number of hydrogen-bond donors (Lipinski definition) is 1. The monoisotopic (exact) mass is 404 g/mol. The number of rotatable bonds is 6. The normalized spacial score (nSPS) is 13.2. The number of carbonyl (C=O) groups excluding carboxylic acids is 1. The number of carbonyl (C=O) groups is 1. The molecular weight excluding hydrogens is 380 g/mol. The van der Waals surface area contributed by atoms with Gasteiger partial charge in [0.25, 0.3) is 5.91 Å². The number of nitrogens with zero attached hydrogens (tertiary/aromatic N) is 3. The van der Waals surface area contributed by atoms with Crippen LogP contribution in [-0.4, -0.2) is 43.2 Å². The van der Waals surface area contributed by atoms with Crippen molar-refractivity contribution in [3.05, 3.63) is 60.4 Å². The molecule has 0 unspecified atom stereocenters. The van der Waals surface area contributed by atoms with Gasteiger partial charge in [-0.1, -0.05) is 12.1 Å². The number of ether oxygens (including phenoxy) is 2. The van der Waals surface area contributed by atoms with Gasteiger partial charge in [-0.05, 0) is 42.7 Å². The van der Waals surface area contributed by atoms with Crippen LogP contribution in [0.5, 0.6) is 11.5 Å². The Balaban J connectivity index is 1.46. The molecule has 0 aliphatic carbocycles. The van der Waals surface area contributed by atoms with Gasteiger partial charge in [0.1, 0.15) is 11.5 Å². The minimum absolute atomic E-state index is 0.217. The number of hydrogen-bond acceptors (Lipinski definition) is 6. The van der Waals surface area contributed by atoms with Crippen LogP contribution in [0.15, 0.2) is 54.9 Å². The zero-order chi connectivity index (χ0) is 20.9. The summed E-state index contributed by atoms with van der Waals surface area (Å²) < 4.78 is 10.5. The number of benzene rings is 2. The van der Waals surface area contributed by atoms with Gasteiger partial charge >= 0.3 is 0 Å². The minimum Gasteiger partial charge on any atom is -0.497 e. The van der Waals surface area contributed by atoms with Gasteiger partial charge < -0.3 is 19.7 Å². The van der Waals surface area contributed by atoms with Crippen LogP contribution in [0, 0.1) is 0 Å². The fourth-order valence-electron chi connectivity index (χ4n) is 3.46. The first-order chi connectivity index (χ1) is 14.7. The molecular formula is C23H24N4O3. The van der Waals surface area contributed by atoms with Crippen LogP contribution in [0.25, 0.3) is 11.1 Å². The molecule has 1 aliphatic heterocycles. The molecule has 7 nitrogen and oxygen atoms in total. The lowest BCUT2D eigenvalue weighted by molar-refractivity contribution is 0.102. The Morgan fingerprint density at radius 1 is 0.933 bits per heavy atom. The van der Waals surface area contributed by atoms with Crippen molar-refractivity contribution in [1.29, 1.82) is 0 Å². The van der Waals surface area contributed by atoms with Crippen molar-refractivity contribution in [2.45, 2.75) is 12.8 Å². The largest absolute Gasteiger partial charge is 0.497 e. The number of nitrogens with one attached hydrogen (secondary N) is 1. The van der Waals surface area contributed by atoms with E-state index in [9.17, 15) is 4.79 Å². The van der Waals surface area contributed by atoms with E-state index >= 15 is 0 Å². The Morgan fingerprint density at radius 2 is 1.63 bits per heavy atom. The van der Waals surface area contributed by atoms with Crippen LogP contribution < -0.4 is 19.7 Å². The third-order valence-electron chi connectivity index (χ3n) is 5.16. The predicted molar refractivity (Wildman–Crippen MR) is 116 cm³/mol. The molecule has 0 spiro atoms. The topological polar surface area (TPSA) is 76.6 Å². The summed E-state index contributed by atoms with van der Waals surface area (Å²) in [6.45, 7) is 2.03. The van der Waals surface area contributed by atoms with Crippen LogP contribution >= 0.6 is 0 Å². The maximum absolute atomic E-state index is 12.6. The molecule has 1 aromatic heterocycles. The second-order valence-corrected chi connectivity index (χ2v) is 7.06. The van der Waals surface area contributed by atoms with Crippen molar-refractivity contribution >= 4 is 17.5 Å². The summed E-state index contributed by atoms with van der Waals surface area (Å²) in [7, 11) is 3.13. The van der Waals surface area contributed by atoms with Crippen LogP contribution in [0.3, 0.4) is 0 Å². The smallest absolute Gasteiger partial charge is 0.255 e. The van der Waals surface area contributed by atoms with E-state index in [1.807, 2.05) is 24.5 Å². The average molecular weight is 404 g/mol. The summed E-state index contributed by atoms with van der Waals surface area (Å²) in [6, 6.07) is 12.6. The molecule has 154 valence electrons. The molecule has 0 radical (unpaired) electrons. The molecule has 2 heterocycles. The number of aromatic nitrogens is 2. The van der Waals surface area contributed by atoms with E-state index in [4.69, 9.17) is 9.47 Å². The quantitative estimate of drug-likeness (QED) is 0.669. The summed E-state index contributed by atoms with van der Waals surface area (Å²) in [4.78, 5) is 23.8. The van der Waals surface area contributed by atoms with Gasteiger partial charge in [-0.15, -0.1) is 0 Å². The van der Waals surface area contributed by atoms with Gasteiger partial charge in [0.15, 0.2) is 0 Å². The first-order valence-corrected chi connectivity index (χ1v) is 9.89. The van der Waals surface area contributed by atoms with Gasteiger partial charge in [0, 0.05) is 42.7 Å². The molecule has 1 aliphatic rings. The number of amides is 1. The van der Waals surface area contributed by atoms with Crippen molar-refractivity contribution in [1.82, 2.24) is 9.97 Å². The third-order valence-corrected chi connectivity index (χ3v) is 5.16. The van der Waals surface area contributed by atoms with Crippen LogP contribution in [-0.2, 0) is 0 Å². The zero-order valence-corrected chi connectivity index (χ0v) is 17.1. The van der Waals surface area contributed by atoms with E-state index in [1.54, 1.807) is 44.6 Å². The molecule has 3 aromatic rings. The summed E-state index contributed by atoms with van der Waals surface area (Å²) in [5.74, 6) is 1.76. The molecule has 0 bridgehead atoms. The lowest BCUT2D eigenvalue weighted by Gasteiger charge is -2.14. The van der Waals surface area contributed by atoms with E-state index in [-0.39, 0.29) is 5.91 Å². The standard InChI is InChI=1S/C23H24N4O3/c1-29-19-9-10-20(21(13-19)30-2)26-22(28)17-7-5-16(6-8-17)18-14-24-23(25-15-18)27-11-3-4-12-27/h5-10,13-15H,3-4,11-12H2,1-2H3,(H,26,28). The fourth-order valence-corrected chi connectivity index (χ4v) is 3.46. The SMILES string of the molecule is COc1ccc(NC(=O)c2ccc(-c3cnc(N4CCCC4)nc3)cc2)c(OC)c1. The van der Waals surface area contributed by atoms with Crippen LogP contribution in [0.1, 0.15) is 23.2 Å². The molecule has 0 atom stereocenters. The average Bonchev–Trinajstić information content (AvgIpc) is 3.34. The van der Waals surface area contributed by atoms with Gasteiger partial charge in [-0.3, -0.25) is 4.79 Å². The lowest BCUT2D eigenvalue weighted by atomic mass is 10.1. The van der Waals surface area contributed by atoms with Crippen molar-refractivity contribution in [3.63, 3.8) is 0 Å². The Kier molecular flexibility index (Phi) is 5.79. The van der Waals surface area contributed by atoms with E-state index in [0.717, 1.165) is 30.2 Å². The van der Waals surface area contributed by atoms with Gasteiger partial charge in [-0.25, -0.2) is 9.97 Å². The molecule has 1 saturated heterocycles. The van der Waals surface area contributed by atoms with Crippen LogP contribution in [0.4, 0.5) is 11.6 Å². The van der Waals surface area contributed by atoms with E-state index < -0.39 is 0 Å². The Bertz CT molecular complexity index is 1010. The molecule has 1 N–H and O–H groups in total. The predicted octanol–water partition coefficient (Wildman–Crippen LogP) is 4.01. The highest BCUT2D eigenvalue weighted by atomic mass is 16.5. The zero-order valence-electron chi connectivity index (χ0n) is 17.1. The first kappa shape index (κ1) is 19.7. The summed E-state index contributed by atoms with van der Waals surface area (Å²) in [5, 5.41) is 2.88. The maximum atomic E-state index is 12.6. The summed E-state index contributed by atoms with van der Waals surface area (Å²) in [6.07, 6.45) is 6.05. The van der Waals surface area contributed by atoms with Gasteiger partial charge in [-0.2, -0.15) is 0 Å². The lowest BCUT2D eigenvalue weighted by Crippen LogP contribution is -2.20. The highest BCUT2D eigenvalue weighted by Gasteiger charge is 2.15. The third kappa shape index (κ3) is 4.20. The maximum Gasteiger partial charge on any atom is 0.255 e. The molecule has 4 rings (SSSR count).